The van der Waals surface area contributed by atoms with Crippen LogP contribution in [0.15, 0.2) is 29.8 Å². The first-order valence-corrected chi connectivity index (χ1v) is 11.9. The Morgan fingerprint density at radius 3 is 2.89 bits per heavy atom. The molecule has 4 rings (SSSR count). The number of hydrogen-bond donors (Lipinski definition) is 1. The Kier molecular flexibility index (Phi) is 5.62. The first kappa shape index (κ1) is 19.4. The van der Waals surface area contributed by atoms with Crippen LogP contribution in [0.5, 0.6) is 5.75 Å². The molecule has 3 heteroatoms. The first-order valence-electron chi connectivity index (χ1n) is 10.7. The van der Waals surface area contributed by atoms with Gasteiger partial charge in [-0.3, -0.25) is 0 Å². The Morgan fingerprint density at radius 1 is 1.22 bits per heavy atom. The lowest BCUT2D eigenvalue weighted by Crippen LogP contribution is -2.40. The summed E-state index contributed by atoms with van der Waals surface area (Å²) in [6.07, 6.45) is 10.4. The van der Waals surface area contributed by atoms with Crippen molar-refractivity contribution in [1.29, 1.82) is 0 Å². The third kappa shape index (κ3) is 3.70. The molecule has 0 aliphatic heterocycles. The number of fused-ring (bicyclic) bond motifs is 5. The SMILES string of the molecule is CN(C)CCSC/C=C1\CC[C@H]2[C@@H]3CCc4cc(O)ccc4[C@H]3CC[C@]12C. The van der Waals surface area contributed by atoms with Gasteiger partial charge < -0.3 is 10.0 Å². The van der Waals surface area contributed by atoms with Crippen LogP contribution in [-0.2, 0) is 6.42 Å². The van der Waals surface area contributed by atoms with E-state index >= 15 is 0 Å². The zero-order valence-corrected chi connectivity index (χ0v) is 18.0. The van der Waals surface area contributed by atoms with Crippen LogP contribution in [-0.4, -0.2) is 42.2 Å². The van der Waals surface area contributed by atoms with E-state index in [1.54, 1.807) is 11.1 Å². The zero-order valence-electron chi connectivity index (χ0n) is 17.2. The summed E-state index contributed by atoms with van der Waals surface area (Å²) in [5.41, 5.74) is 5.16. The molecular formula is C24H35NOS. The molecule has 2 fully saturated rings. The quantitative estimate of drug-likeness (QED) is 0.537. The lowest BCUT2D eigenvalue weighted by Gasteiger charge is -2.49. The third-order valence-electron chi connectivity index (χ3n) is 7.69. The van der Waals surface area contributed by atoms with E-state index < -0.39 is 0 Å². The molecule has 27 heavy (non-hydrogen) atoms. The molecule has 3 aliphatic rings. The summed E-state index contributed by atoms with van der Waals surface area (Å²) in [4.78, 5) is 2.27. The van der Waals surface area contributed by atoms with E-state index in [9.17, 15) is 5.11 Å². The maximum absolute atomic E-state index is 9.85. The summed E-state index contributed by atoms with van der Waals surface area (Å²) in [6.45, 7) is 3.75. The average molecular weight is 386 g/mol. The summed E-state index contributed by atoms with van der Waals surface area (Å²) in [6, 6.07) is 6.14. The minimum Gasteiger partial charge on any atom is -0.508 e. The van der Waals surface area contributed by atoms with E-state index in [-0.39, 0.29) is 0 Å². The number of nitrogens with zero attached hydrogens (tertiary/aromatic N) is 1. The Bertz CT molecular complexity index is 712. The van der Waals surface area contributed by atoms with Gasteiger partial charge >= 0.3 is 0 Å². The molecule has 0 spiro atoms. The lowest BCUT2D eigenvalue weighted by atomic mass is 9.55. The van der Waals surface area contributed by atoms with Crippen LogP contribution in [0.25, 0.3) is 0 Å². The van der Waals surface area contributed by atoms with E-state index in [1.165, 1.54) is 55.7 Å². The topological polar surface area (TPSA) is 23.5 Å². The first-order chi connectivity index (χ1) is 13.0. The van der Waals surface area contributed by atoms with Crippen LogP contribution in [0.1, 0.15) is 56.1 Å². The van der Waals surface area contributed by atoms with Crippen LogP contribution < -0.4 is 0 Å². The van der Waals surface area contributed by atoms with Crippen LogP contribution in [0.4, 0.5) is 0 Å². The summed E-state index contributed by atoms with van der Waals surface area (Å²) in [7, 11) is 4.31. The van der Waals surface area contributed by atoms with E-state index in [2.05, 4.69) is 49.8 Å². The van der Waals surface area contributed by atoms with Crippen molar-refractivity contribution in [2.45, 2.75) is 51.4 Å². The van der Waals surface area contributed by atoms with Crippen molar-refractivity contribution in [3.63, 3.8) is 0 Å². The molecule has 0 amide bonds. The number of rotatable bonds is 5. The van der Waals surface area contributed by atoms with Crippen molar-refractivity contribution in [2.24, 2.45) is 17.3 Å². The van der Waals surface area contributed by atoms with Gasteiger partial charge in [0.15, 0.2) is 0 Å². The Hall–Kier alpha value is -0.930. The molecular weight excluding hydrogens is 350 g/mol. The minimum absolute atomic E-state index is 0.436. The summed E-state index contributed by atoms with van der Waals surface area (Å²) in [5, 5.41) is 9.85. The second-order valence-corrected chi connectivity index (χ2v) is 10.6. The summed E-state index contributed by atoms with van der Waals surface area (Å²) in [5.74, 6) is 5.27. The van der Waals surface area contributed by atoms with Gasteiger partial charge in [0.05, 0.1) is 0 Å². The van der Waals surface area contributed by atoms with Crippen LogP contribution >= 0.6 is 11.8 Å². The van der Waals surface area contributed by atoms with Gasteiger partial charge in [0, 0.05) is 18.1 Å². The van der Waals surface area contributed by atoms with E-state index in [1.807, 2.05) is 12.1 Å². The monoisotopic (exact) mass is 385 g/mol. The number of aromatic hydroxyl groups is 1. The second-order valence-electron chi connectivity index (χ2n) is 9.40. The number of benzene rings is 1. The molecule has 1 aromatic rings. The maximum atomic E-state index is 9.85. The number of aryl methyl sites for hydroxylation is 1. The summed E-state index contributed by atoms with van der Waals surface area (Å²) >= 11 is 2.08. The normalized spacial score (nSPS) is 33.8. The highest BCUT2D eigenvalue weighted by Gasteiger charge is 2.52. The highest BCUT2D eigenvalue weighted by Crippen LogP contribution is 2.62. The fourth-order valence-corrected chi connectivity index (χ4v) is 7.22. The van der Waals surface area contributed by atoms with Gasteiger partial charge in [0.25, 0.3) is 0 Å². The van der Waals surface area contributed by atoms with E-state index in [0.717, 1.165) is 24.2 Å². The van der Waals surface area contributed by atoms with Crippen LogP contribution in [0, 0.1) is 17.3 Å². The molecule has 0 unspecified atom stereocenters. The minimum atomic E-state index is 0.436. The van der Waals surface area contributed by atoms with Gasteiger partial charge in [-0.1, -0.05) is 24.6 Å². The van der Waals surface area contributed by atoms with Gasteiger partial charge in [0.1, 0.15) is 5.75 Å². The Balaban J connectivity index is 1.46. The molecule has 3 aliphatic carbocycles. The molecule has 1 N–H and O–H groups in total. The molecule has 2 saturated carbocycles. The van der Waals surface area contributed by atoms with E-state index in [4.69, 9.17) is 0 Å². The highest BCUT2D eigenvalue weighted by molar-refractivity contribution is 7.99. The van der Waals surface area contributed by atoms with E-state index in [0.29, 0.717) is 11.2 Å². The largest absolute Gasteiger partial charge is 0.508 e. The van der Waals surface area contributed by atoms with Crippen molar-refractivity contribution in [1.82, 2.24) is 4.90 Å². The van der Waals surface area contributed by atoms with Crippen LogP contribution in [0.3, 0.4) is 0 Å². The molecule has 0 heterocycles. The van der Waals surface area contributed by atoms with Gasteiger partial charge in [-0.25, -0.2) is 0 Å². The smallest absolute Gasteiger partial charge is 0.115 e. The third-order valence-corrected chi connectivity index (χ3v) is 8.56. The predicted molar refractivity (Wildman–Crippen MR) is 117 cm³/mol. The Morgan fingerprint density at radius 2 is 2.07 bits per heavy atom. The van der Waals surface area contributed by atoms with Gasteiger partial charge in [-0.2, -0.15) is 11.8 Å². The van der Waals surface area contributed by atoms with Crippen molar-refractivity contribution in [2.75, 3.05) is 32.1 Å². The predicted octanol–water partition coefficient (Wildman–Crippen LogP) is 5.47. The molecule has 4 atom stereocenters. The van der Waals surface area contributed by atoms with Crippen molar-refractivity contribution < 1.29 is 5.11 Å². The number of phenolic OH excluding ortho intramolecular Hbond substituents is 1. The molecule has 2 nitrogen and oxygen atoms in total. The van der Waals surface area contributed by atoms with Gasteiger partial charge in [-0.15, -0.1) is 0 Å². The highest BCUT2D eigenvalue weighted by atomic mass is 32.2. The van der Waals surface area contributed by atoms with Crippen molar-refractivity contribution in [3.05, 3.63) is 41.0 Å². The molecule has 0 saturated heterocycles. The zero-order chi connectivity index (χ0) is 19.0. The number of phenols is 1. The fourth-order valence-electron chi connectivity index (χ4n) is 6.24. The number of thioether (sulfide) groups is 1. The molecule has 1 aromatic carbocycles. The van der Waals surface area contributed by atoms with Crippen LogP contribution in [0.2, 0.25) is 0 Å². The molecule has 0 bridgehead atoms. The molecule has 148 valence electrons. The Labute approximate surface area is 169 Å². The fraction of sp³-hybridized carbons (Fsp3) is 0.667. The average Bonchev–Trinajstić information content (AvgIpc) is 2.97. The number of allylic oxidation sites excluding steroid dienone is 1. The second kappa shape index (κ2) is 7.83. The molecule has 0 aromatic heterocycles. The lowest BCUT2D eigenvalue weighted by molar-refractivity contribution is 0.0813. The standard InChI is InChI=1S/C24H35NOS/c1-24-12-10-21-20-8-6-19(26)16-17(20)4-7-22(21)23(24)9-5-18(24)11-14-27-15-13-25(2)3/h6,8,11,16,21-23,26H,4-5,7,9-10,12-15H2,1-3H3/b18-11+/t21-,22-,23+,24-/m1/s1. The van der Waals surface area contributed by atoms with Crippen molar-refractivity contribution >= 4 is 11.8 Å². The van der Waals surface area contributed by atoms with Crippen molar-refractivity contribution in [3.8, 4) is 5.75 Å². The maximum Gasteiger partial charge on any atom is 0.115 e. The number of hydrogen-bond acceptors (Lipinski definition) is 3. The molecule has 0 radical (unpaired) electrons. The van der Waals surface area contributed by atoms with Gasteiger partial charge in [-0.05, 0) is 99.0 Å². The summed E-state index contributed by atoms with van der Waals surface area (Å²) < 4.78 is 0. The van der Waals surface area contributed by atoms with Gasteiger partial charge in [0.2, 0.25) is 0 Å².